The molecule has 4 nitrogen and oxygen atoms in total. The highest BCUT2D eigenvalue weighted by atomic mass is 19.1. The summed E-state index contributed by atoms with van der Waals surface area (Å²) >= 11 is 0. The van der Waals surface area contributed by atoms with Crippen molar-refractivity contribution in [1.29, 1.82) is 5.26 Å². The number of halogens is 1. The van der Waals surface area contributed by atoms with Crippen molar-refractivity contribution in [2.24, 2.45) is 0 Å². The topological polar surface area (TPSA) is 62.1 Å². The van der Waals surface area contributed by atoms with Crippen molar-refractivity contribution in [2.45, 2.75) is 32.9 Å². The van der Waals surface area contributed by atoms with Crippen LogP contribution in [-0.4, -0.2) is 18.1 Å². The van der Waals surface area contributed by atoms with Gasteiger partial charge in [-0.15, -0.1) is 0 Å². The molecule has 0 bridgehead atoms. The standard InChI is InChI=1S/C14H17FN2O2/c1-14(2,3)19-13(18)9-17-8-11-5-4-10(7-16)6-12(11)15/h4-6,17H,8-9H2,1-3H3. The van der Waals surface area contributed by atoms with E-state index >= 15 is 0 Å². The first kappa shape index (κ1) is 15.1. The number of carbonyl (C=O) groups excluding carboxylic acids is 1. The van der Waals surface area contributed by atoms with Crippen LogP contribution in [0, 0.1) is 17.1 Å². The monoisotopic (exact) mass is 264 g/mol. The molecule has 0 radical (unpaired) electrons. The number of rotatable bonds is 4. The van der Waals surface area contributed by atoms with E-state index in [2.05, 4.69) is 5.32 Å². The summed E-state index contributed by atoms with van der Waals surface area (Å²) in [6.07, 6.45) is 0. The molecule has 0 saturated carbocycles. The van der Waals surface area contributed by atoms with E-state index in [0.29, 0.717) is 5.56 Å². The van der Waals surface area contributed by atoms with E-state index in [0.717, 1.165) is 0 Å². The summed E-state index contributed by atoms with van der Waals surface area (Å²) < 4.78 is 18.6. The molecular weight excluding hydrogens is 247 g/mol. The Morgan fingerprint density at radius 1 is 1.47 bits per heavy atom. The summed E-state index contributed by atoms with van der Waals surface area (Å²) in [7, 11) is 0. The van der Waals surface area contributed by atoms with Gasteiger partial charge in [0.1, 0.15) is 11.4 Å². The van der Waals surface area contributed by atoms with Crippen molar-refractivity contribution in [1.82, 2.24) is 5.32 Å². The van der Waals surface area contributed by atoms with Crippen LogP contribution in [-0.2, 0) is 16.1 Å². The minimum atomic E-state index is -0.529. The van der Waals surface area contributed by atoms with Gasteiger partial charge in [-0.25, -0.2) is 4.39 Å². The molecular formula is C14H17FN2O2. The van der Waals surface area contributed by atoms with E-state index in [1.807, 2.05) is 6.07 Å². The molecule has 102 valence electrons. The Kier molecular flexibility index (Phi) is 5.02. The van der Waals surface area contributed by atoms with E-state index < -0.39 is 11.4 Å². The van der Waals surface area contributed by atoms with Crippen LogP contribution in [0.1, 0.15) is 31.9 Å². The summed E-state index contributed by atoms with van der Waals surface area (Å²) in [5.41, 5.74) is 0.147. The van der Waals surface area contributed by atoms with Gasteiger partial charge in [0.2, 0.25) is 0 Å². The Balaban J connectivity index is 2.46. The van der Waals surface area contributed by atoms with Gasteiger partial charge in [-0.2, -0.15) is 5.26 Å². The van der Waals surface area contributed by atoms with Gasteiger partial charge >= 0.3 is 5.97 Å². The Bertz CT molecular complexity index is 501. The number of nitriles is 1. The Morgan fingerprint density at radius 2 is 2.16 bits per heavy atom. The number of nitrogens with one attached hydrogen (secondary N) is 1. The average Bonchev–Trinajstić information content (AvgIpc) is 2.28. The zero-order chi connectivity index (χ0) is 14.5. The fraction of sp³-hybridized carbons (Fsp3) is 0.429. The molecule has 1 rings (SSSR count). The van der Waals surface area contributed by atoms with Crippen LogP contribution in [0.4, 0.5) is 4.39 Å². The quantitative estimate of drug-likeness (QED) is 0.846. The second-order valence-electron chi connectivity index (χ2n) is 5.11. The summed E-state index contributed by atoms with van der Waals surface area (Å²) in [5, 5.41) is 11.4. The number of hydrogen-bond donors (Lipinski definition) is 1. The van der Waals surface area contributed by atoms with Gasteiger partial charge in [0, 0.05) is 12.1 Å². The van der Waals surface area contributed by atoms with E-state index in [-0.39, 0.29) is 24.6 Å². The second kappa shape index (κ2) is 6.30. The van der Waals surface area contributed by atoms with E-state index in [1.165, 1.54) is 18.2 Å². The largest absolute Gasteiger partial charge is 0.459 e. The van der Waals surface area contributed by atoms with Crippen LogP contribution in [0.5, 0.6) is 0 Å². The smallest absolute Gasteiger partial charge is 0.320 e. The highest BCUT2D eigenvalue weighted by Crippen LogP contribution is 2.10. The Morgan fingerprint density at radius 3 is 2.68 bits per heavy atom. The van der Waals surface area contributed by atoms with Crippen molar-refractivity contribution in [3.63, 3.8) is 0 Å². The molecule has 0 aliphatic heterocycles. The molecule has 1 N–H and O–H groups in total. The Labute approximate surface area is 112 Å². The Hall–Kier alpha value is -1.93. The van der Waals surface area contributed by atoms with Gasteiger partial charge in [0.05, 0.1) is 18.2 Å². The number of esters is 1. The lowest BCUT2D eigenvalue weighted by Crippen LogP contribution is -2.31. The molecule has 1 aromatic carbocycles. The van der Waals surface area contributed by atoms with Gasteiger partial charge in [0.15, 0.2) is 0 Å². The molecule has 0 fully saturated rings. The molecule has 0 aromatic heterocycles. The van der Waals surface area contributed by atoms with Gasteiger partial charge in [0.25, 0.3) is 0 Å². The minimum Gasteiger partial charge on any atom is -0.459 e. The van der Waals surface area contributed by atoms with Gasteiger partial charge in [-0.1, -0.05) is 6.07 Å². The van der Waals surface area contributed by atoms with Crippen LogP contribution in [0.2, 0.25) is 0 Å². The molecule has 0 heterocycles. The van der Waals surface area contributed by atoms with Gasteiger partial charge < -0.3 is 10.1 Å². The second-order valence-corrected chi connectivity index (χ2v) is 5.11. The first-order valence-corrected chi connectivity index (χ1v) is 5.93. The summed E-state index contributed by atoms with van der Waals surface area (Å²) in [6.45, 7) is 5.56. The molecule has 0 amide bonds. The first-order chi connectivity index (χ1) is 8.81. The number of carbonyl (C=O) groups is 1. The van der Waals surface area contributed by atoms with Crippen LogP contribution < -0.4 is 5.32 Å². The predicted molar refractivity (Wildman–Crippen MR) is 68.7 cm³/mol. The lowest BCUT2D eigenvalue weighted by molar-refractivity contribution is -0.153. The maximum atomic E-state index is 13.5. The van der Waals surface area contributed by atoms with Crippen LogP contribution in [0.3, 0.4) is 0 Å². The maximum Gasteiger partial charge on any atom is 0.320 e. The maximum absolute atomic E-state index is 13.5. The third-order valence-corrected chi connectivity index (χ3v) is 2.19. The van der Waals surface area contributed by atoms with Crippen molar-refractivity contribution in [3.05, 3.63) is 35.1 Å². The van der Waals surface area contributed by atoms with Crippen LogP contribution >= 0.6 is 0 Å². The molecule has 0 aliphatic carbocycles. The summed E-state index contributed by atoms with van der Waals surface area (Å²) in [5.74, 6) is -0.850. The predicted octanol–water partition coefficient (Wildman–Crippen LogP) is 2.13. The van der Waals surface area contributed by atoms with Crippen molar-refractivity contribution >= 4 is 5.97 Å². The molecule has 0 spiro atoms. The molecule has 0 saturated heterocycles. The van der Waals surface area contributed by atoms with E-state index in [4.69, 9.17) is 10.00 Å². The normalized spacial score (nSPS) is 10.9. The minimum absolute atomic E-state index is 0.0106. The highest BCUT2D eigenvalue weighted by Gasteiger charge is 2.15. The lowest BCUT2D eigenvalue weighted by atomic mass is 10.1. The average molecular weight is 264 g/mol. The molecule has 19 heavy (non-hydrogen) atoms. The summed E-state index contributed by atoms with van der Waals surface area (Å²) in [4.78, 5) is 11.4. The number of nitrogens with zero attached hydrogens (tertiary/aromatic N) is 1. The number of ether oxygens (including phenoxy) is 1. The lowest BCUT2D eigenvalue weighted by Gasteiger charge is -2.19. The molecule has 1 aromatic rings. The van der Waals surface area contributed by atoms with Gasteiger partial charge in [-0.3, -0.25) is 4.79 Å². The van der Waals surface area contributed by atoms with Crippen molar-refractivity contribution in [3.8, 4) is 6.07 Å². The third-order valence-electron chi connectivity index (χ3n) is 2.19. The SMILES string of the molecule is CC(C)(C)OC(=O)CNCc1ccc(C#N)cc1F. The molecule has 0 aliphatic rings. The third kappa shape index (κ3) is 5.49. The van der Waals surface area contributed by atoms with Gasteiger partial charge in [-0.05, 0) is 32.9 Å². The number of hydrogen-bond acceptors (Lipinski definition) is 4. The molecule has 5 heteroatoms. The molecule has 0 atom stereocenters. The first-order valence-electron chi connectivity index (χ1n) is 5.93. The fourth-order valence-electron chi connectivity index (χ4n) is 1.44. The van der Waals surface area contributed by atoms with Crippen molar-refractivity contribution < 1.29 is 13.9 Å². The highest BCUT2D eigenvalue weighted by molar-refractivity contribution is 5.72. The van der Waals surface area contributed by atoms with Crippen molar-refractivity contribution in [2.75, 3.05) is 6.54 Å². The van der Waals surface area contributed by atoms with E-state index in [9.17, 15) is 9.18 Å². The zero-order valence-corrected chi connectivity index (χ0v) is 11.3. The molecule has 0 unspecified atom stereocenters. The summed E-state index contributed by atoms with van der Waals surface area (Å²) in [6, 6.07) is 6.09. The zero-order valence-electron chi connectivity index (χ0n) is 11.3. The van der Waals surface area contributed by atoms with E-state index in [1.54, 1.807) is 20.8 Å². The fourth-order valence-corrected chi connectivity index (χ4v) is 1.44. The number of benzene rings is 1. The van der Waals surface area contributed by atoms with Crippen LogP contribution in [0.15, 0.2) is 18.2 Å². The van der Waals surface area contributed by atoms with Crippen LogP contribution in [0.25, 0.3) is 0 Å².